The highest BCUT2D eigenvalue weighted by Gasteiger charge is 2.37. The second kappa shape index (κ2) is 14.9. The average Bonchev–Trinajstić information content (AvgIpc) is 3.53. The van der Waals surface area contributed by atoms with Crippen LogP contribution in [0.2, 0.25) is 5.02 Å². The van der Waals surface area contributed by atoms with Crippen LogP contribution in [0.25, 0.3) is 22.0 Å². The quantitative estimate of drug-likeness (QED) is 0.156. The van der Waals surface area contributed by atoms with Gasteiger partial charge in [-0.2, -0.15) is 26.3 Å². The van der Waals surface area contributed by atoms with Gasteiger partial charge in [0.1, 0.15) is 5.69 Å². The Kier molecular flexibility index (Phi) is 10.2. The van der Waals surface area contributed by atoms with Crippen LogP contribution in [0.4, 0.5) is 32.0 Å². The minimum Gasteiger partial charge on any atom is -0.493 e. The summed E-state index contributed by atoms with van der Waals surface area (Å²) in [6, 6.07) is 25.3. The van der Waals surface area contributed by atoms with Crippen LogP contribution in [0.15, 0.2) is 103 Å². The topological polar surface area (TPSA) is 72.8 Å². The van der Waals surface area contributed by atoms with Gasteiger partial charge in [-0.1, -0.05) is 29.8 Å². The van der Waals surface area contributed by atoms with Crippen LogP contribution < -0.4 is 14.8 Å². The Morgan fingerprint density at radius 1 is 0.732 bits per heavy atom. The summed E-state index contributed by atoms with van der Waals surface area (Å²) in [6.07, 6.45) is -9.60. The van der Waals surface area contributed by atoms with Crippen molar-refractivity contribution in [2.75, 3.05) is 26.1 Å². The third-order valence-electron chi connectivity index (χ3n) is 9.70. The minimum atomic E-state index is -5.04. The van der Waals surface area contributed by atoms with Crippen LogP contribution in [-0.4, -0.2) is 42.0 Å². The monoisotopic (exact) mass is 791 g/mol. The molecular formula is C42H32ClF6N3O4. The van der Waals surface area contributed by atoms with Crippen LogP contribution in [0, 0.1) is 0 Å². The predicted octanol–water partition coefficient (Wildman–Crippen LogP) is 10.5. The number of alkyl halides is 6. The van der Waals surface area contributed by atoms with Crippen molar-refractivity contribution in [2.24, 2.45) is 0 Å². The van der Waals surface area contributed by atoms with Gasteiger partial charge in [-0.05, 0) is 119 Å². The number of halogens is 7. The molecule has 0 saturated carbocycles. The van der Waals surface area contributed by atoms with Crippen molar-refractivity contribution in [2.45, 2.75) is 31.9 Å². The highest BCUT2D eigenvalue weighted by molar-refractivity contribution is 6.30. The third-order valence-corrected chi connectivity index (χ3v) is 9.95. The van der Waals surface area contributed by atoms with E-state index in [4.69, 9.17) is 21.1 Å². The molecule has 1 aliphatic heterocycles. The summed E-state index contributed by atoms with van der Waals surface area (Å²) in [7, 11) is 3.02. The molecule has 0 aliphatic carbocycles. The van der Waals surface area contributed by atoms with Crippen LogP contribution in [-0.2, 0) is 31.9 Å². The minimum absolute atomic E-state index is 0.0818. The van der Waals surface area contributed by atoms with Gasteiger partial charge >= 0.3 is 12.4 Å². The van der Waals surface area contributed by atoms with Gasteiger partial charge in [0, 0.05) is 46.8 Å². The molecule has 5 aromatic carbocycles. The maximum Gasteiger partial charge on any atom is 0.416 e. The third kappa shape index (κ3) is 7.90. The van der Waals surface area contributed by atoms with Crippen LogP contribution in [0.1, 0.15) is 48.7 Å². The molecule has 0 spiro atoms. The zero-order valence-electron chi connectivity index (χ0n) is 29.8. The molecule has 0 radical (unpaired) electrons. The van der Waals surface area contributed by atoms with Crippen molar-refractivity contribution in [3.8, 4) is 22.6 Å². The van der Waals surface area contributed by atoms with Crippen molar-refractivity contribution >= 4 is 40.0 Å². The number of carbonyl (C=O) groups excluding carboxylic acids is 2. The van der Waals surface area contributed by atoms with E-state index in [0.29, 0.717) is 63.8 Å². The van der Waals surface area contributed by atoms with E-state index in [1.807, 2.05) is 6.07 Å². The fourth-order valence-corrected chi connectivity index (χ4v) is 6.99. The molecule has 7 nitrogen and oxygen atoms in total. The number of benzene rings is 5. The number of rotatable bonds is 8. The van der Waals surface area contributed by atoms with Gasteiger partial charge in [0.25, 0.3) is 11.8 Å². The summed E-state index contributed by atoms with van der Waals surface area (Å²) in [4.78, 5) is 28.7. The Morgan fingerprint density at radius 3 is 1.95 bits per heavy atom. The Morgan fingerprint density at radius 2 is 1.34 bits per heavy atom. The van der Waals surface area contributed by atoms with Crippen molar-refractivity contribution in [1.82, 2.24) is 9.47 Å². The zero-order chi connectivity index (χ0) is 39.9. The number of aromatic nitrogens is 1. The Bertz CT molecular complexity index is 2430. The van der Waals surface area contributed by atoms with Gasteiger partial charge in [0.15, 0.2) is 11.5 Å². The molecule has 2 heterocycles. The van der Waals surface area contributed by atoms with Gasteiger partial charge in [-0.25, -0.2) is 0 Å². The normalized spacial score (nSPS) is 13.1. The molecule has 6 aromatic rings. The summed E-state index contributed by atoms with van der Waals surface area (Å²) < 4.78 is 95.4. The number of hydrogen-bond donors (Lipinski definition) is 1. The number of anilines is 1. The number of fused-ring (bicyclic) bond motifs is 2. The molecule has 14 heteroatoms. The average molecular weight is 792 g/mol. The summed E-state index contributed by atoms with van der Waals surface area (Å²) in [5.41, 5.74) is 1.55. The Balaban J connectivity index is 1.25. The highest BCUT2D eigenvalue weighted by Crippen LogP contribution is 2.38. The molecule has 0 atom stereocenters. The molecule has 1 aromatic heterocycles. The largest absolute Gasteiger partial charge is 0.493 e. The number of carbonyl (C=O) groups is 2. The summed E-state index contributed by atoms with van der Waals surface area (Å²) >= 11 is 5.93. The van der Waals surface area contributed by atoms with E-state index in [-0.39, 0.29) is 29.8 Å². The van der Waals surface area contributed by atoms with Gasteiger partial charge in [0.2, 0.25) is 0 Å². The first-order chi connectivity index (χ1) is 26.6. The molecule has 1 aliphatic rings. The highest BCUT2D eigenvalue weighted by atomic mass is 35.5. The van der Waals surface area contributed by atoms with E-state index in [1.165, 1.54) is 18.8 Å². The van der Waals surface area contributed by atoms with E-state index in [9.17, 15) is 35.9 Å². The van der Waals surface area contributed by atoms with Crippen molar-refractivity contribution < 1.29 is 45.4 Å². The number of hydrogen-bond acceptors (Lipinski definition) is 4. The van der Waals surface area contributed by atoms with Crippen LogP contribution in [0.3, 0.4) is 0 Å². The molecule has 2 amide bonds. The number of methoxy groups -OCH3 is 2. The first-order valence-electron chi connectivity index (χ1n) is 17.2. The molecule has 0 unspecified atom stereocenters. The molecular weight excluding hydrogens is 760 g/mol. The van der Waals surface area contributed by atoms with Crippen molar-refractivity contribution in [1.29, 1.82) is 0 Å². The fraction of sp³-hybridized carbons (Fsp3) is 0.190. The smallest absolute Gasteiger partial charge is 0.416 e. The fourth-order valence-electron chi connectivity index (χ4n) is 6.86. The molecule has 0 fully saturated rings. The van der Waals surface area contributed by atoms with Crippen molar-refractivity contribution in [3.05, 3.63) is 147 Å². The summed E-state index contributed by atoms with van der Waals surface area (Å²) in [5.74, 6) is 0.239. The SMILES string of the molecule is COc1cc2c(cc1OC)CN(C(=O)c1cc3cc(-c4ccc(NC(=O)c5ccc(Cl)cc5)cc4)ccc3n1Cc1cc(C(F)(F)F)cc(C(F)(F)F)c1)CC2. The second-order valence-electron chi connectivity index (χ2n) is 13.3. The van der Waals surface area contributed by atoms with Crippen LogP contribution in [0.5, 0.6) is 11.5 Å². The molecule has 56 heavy (non-hydrogen) atoms. The van der Waals surface area contributed by atoms with E-state index < -0.39 is 35.9 Å². The molecule has 0 bridgehead atoms. The number of nitrogens with zero attached hydrogens (tertiary/aromatic N) is 2. The number of nitrogens with one attached hydrogen (secondary N) is 1. The number of amides is 2. The van der Waals surface area contributed by atoms with E-state index in [2.05, 4.69) is 5.32 Å². The molecule has 288 valence electrons. The van der Waals surface area contributed by atoms with Gasteiger partial charge in [0.05, 0.1) is 25.3 Å². The van der Waals surface area contributed by atoms with Crippen molar-refractivity contribution in [3.63, 3.8) is 0 Å². The zero-order valence-corrected chi connectivity index (χ0v) is 30.6. The maximum atomic E-state index is 14.4. The van der Waals surface area contributed by atoms with Gasteiger partial charge in [-0.3, -0.25) is 9.59 Å². The van der Waals surface area contributed by atoms with Crippen LogP contribution >= 0.6 is 11.6 Å². The van der Waals surface area contributed by atoms with E-state index in [0.717, 1.165) is 22.3 Å². The Hall–Kier alpha value is -5.95. The molecule has 0 saturated heterocycles. The predicted molar refractivity (Wildman–Crippen MR) is 200 cm³/mol. The lowest BCUT2D eigenvalue weighted by molar-refractivity contribution is -0.143. The summed E-state index contributed by atoms with van der Waals surface area (Å²) in [6.45, 7) is 0.0368. The Labute approximate surface area is 322 Å². The standard InChI is InChI=1S/C42H32ClF6N3O4/c1-55-37-19-28-13-14-51(23-30(28)20-38(37)56-2)40(54)36-18-29-17-27(25-5-10-34(11-6-25)50-39(53)26-3-8-33(43)9-4-26)7-12-35(29)52(36)22-24-15-31(41(44,45)46)21-32(16-24)42(47,48)49/h3-12,15-21H,13-14,22-23H2,1-2H3,(H,50,53). The molecule has 7 rings (SSSR count). The van der Waals surface area contributed by atoms with Gasteiger partial charge in [-0.15, -0.1) is 0 Å². The molecule has 1 N–H and O–H groups in total. The lowest BCUT2D eigenvalue weighted by atomic mass is 9.98. The van der Waals surface area contributed by atoms with Gasteiger partial charge < -0.3 is 24.3 Å². The van der Waals surface area contributed by atoms with E-state index >= 15 is 0 Å². The lowest BCUT2D eigenvalue weighted by Gasteiger charge is -2.30. The first-order valence-corrected chi connectivity index (χ1v) is 17.6. The second-order valence-corrected chi connectivity index (χ2v) is 13.7. The number of ether oxygens (including phenoxy) is 2. The lowest BCUT2D eigenvalue weighted by Crippen LogP contribution is -2.37. The van der Waals surface area contributed by atoms with E-state index in [1.54, 1.807) is 83.8 Å². The first kappa shape index (κ1) is 38.3. The maximum absolute atomic E-state index is 14.4. The summed E-state index contributed by atoms with van der Waals surface area (Å²) in [5, 5.41) is 3.87.